The van der Waals surface area contributed by atoms with E-state index in [2.05, 4.69) is 15.9 Å². The van der Waals surface area contributed by atoms with Crippen molar-refractivity contribution in [2.75, 3.05) is 6.54 Å². The molecule has 0 saturated heterocycles. The Morgan fingerprint density at radius 2 is 2.06 bits per heavy atom. The van der Waals surface area contributed by atoms with Crippen LogP contribution in [0, 0.1) is 15.5 Å². The predicted octanol–water partition coefficient (Wildman–Crippen LogP) is 3.03. The molecule has 1 rings (SSSR count). The van der Waals surface area contributed by atoms with E-state index in [4.69, 9.17) is 0 Å². The summed E-state index contributed by atoms with van der Waals surface area (Å²) in [5.74, 6) is -0.439. The monoisotopic (exact) mass is 299 g/mol. The van der Waals surface area contributed by atoms with Crippen molar-refractivity contribution in [1.82, 2.24) is 0 Å². The molecule has 1 atom stereocenters. The molecule has 0 fully saturated rings. The molecule has 0 aromatic heterocycles. The molecule has 0 unspecified atom stereocenters. The van der Waals surface area contributed by atoms with Crippen LogP contribution in [0.5, 0.6) is 0 Å². The third-order valence-electron chi connectivity index (χ3n) is 2.81. The van der Waals surface area contributed by atoms with Gasteiger partial charge >= 0.3 is 0 Å². The number of carbonyl (C=O) groups excluding carboxylic acids is 1. The second kappa shape index (κ2) is 5.40. The Labute approximate surface area is 108 Å². The Hall–Kier alpha value is -1.23. The fraction of sp³-hybridized carbons (Fsp3) is 0.417. The van der Waals surface area contributed by atoms with Crippen LogP contribution in [0.25, 0.3) is 0 Å². The fourth-order valence-electron chi connectivity index (χ4n) is 1.72. The minimum atomic E-state index is -0.767. The average Bonchev–Trinajstić information content (AvgIpc) is 2.26. The molecular formula is C12H14BrNO3. The van der Waals surface area contributed by atoms with Gasteiger partial charge in [0.2, 0.25) is 6.54 Å². The van der Waals surface area contributed by atoms with Crippen LogP contribution in [0.3, 0.4) is 0 Å². The van der Waals surface area contributed by atoms with Crippen LogP contribution in [0.15, 0.2) is 28.7 Å². The van der Waals surface area contributed by atoms with Gasteiger partial charge < -0.3 is 4.79 Å². The minimum absolute atomic E-state index is 0.256. The average molecular weight is 300 g/mol. The lowest BCUT2D eigenvalue weighted by Gasteiger charge is -2.27. The smallest absolute Gasteiger partial charge is 0.211 e. The molecule has 17 heavy (non-hydrogen) atoms. The number of nitro groups is 1. The van der Waals surface area contributed by atoms with Crippen LogP contribution < -0.4 is 0 Å². The first kappa shape index (κ1) is 13.8. The van der Waals surface area contributed by atoms with Gasteiger partial charge in [-0.25, -0.2) is 0 Å². The molecule has 0 N–H and O–H groups in total. The second-order valence-electron chi connectivity index (χ2n) is 4.53. The molecule has 0 spiro atoms. The molecular weight excluding hydrogens is 286 g/mol. The highest BCUT2D eigenvalue weighted by Crippen LogP contribution is 2.37. The maximum atomic E-state index is 11.1. The molecule has 1 aromatic rings. The summed E-state index contributed by atoms with van der Waals surface area (Å²) in [4.78, 5) is 21.4. The quantitative estimate of drug-likeness (QED) is 0.477. The first-order valence-electron chi connectivity index (χ1n) is 5.21. The van der Waals surface area contributed by atoms with Crippen LogP contribution in [-0.2, 0) is 4.79 Å². The Morgan fingerprint density at radius 3 is 2.53 bits per heavy atom. The van der Waals surface area contributed by atoms with Crippen molar-refractivity contribution < 1.29 is 9.72 Å². The summed E-state index contributed by atoms with van der Waals surface area (Å²) in [7, 11) is 0. The van der Waals surface area contributed by atoms with Crippen LogP contribution in [0.1, 0.15) is 25.3 Å². The molecule has 0 aliphatic carbocycles. The number of aldehydes is 1. The Kier molecular flexibility index (Phi) is 4.40. The van der Waals surface area contributed by atoms with E-state index in [-0.39, 0.29) is 11.5 Å². The van der Waals surface area contributed by atoms with Crippen molar-refractivity contribution in [2.24, 2.45) is 5.41 Å². The number of carbonyl (C=O) groups is 1. The van der Waals surface area contributed by atoms with Gasteiger partial charge in [-0.1, -0.05) is 48.0 Å². The number of rotatable bonds is 5. The van der Waals surface area contributed by atoms with Gasteiger partial charge in [0.25, 0.3) is 0 Å². The van der Waals surface area contributed by atoms with Crippen molar-refractivity contribution in [2.45, 2.75) is 19.8 Å². The number of nitrogens with zero attached hydrogens (tertiary/aromatic N) is 1. The summed E-state index contributed by atoms with van der Waals surface area (Å²) >= 11 is 3.37. The summed E-state index contributed by atoms with van der Waals surface area (Å²) in [6, 6.07) is 7.28. The zero-order valence-corrected chi connectivity index (χ0v) is 11.3. The van der Waals surface area contributed by atoms with E-state index in [0.717, 1.165) is 16.3 Å². The largest absolute Gasteiger partial charge is 0.303 e. The van der Waals surface area contributed by atoms with Crippen LogP contribution in [0.2, 0.25) is 0 Å². The van der Waals surface area contributed by atoms with Gasteiger partial charge in [0, 0.05) is 14.8 Å². The second-order valence-corrected chi connectivity index (χ2v) is 5.38. The normalized spacial score (nSPS) is 13.1. The topological polar surface area (TPSA) is 60.2 Å². The molecule has 0 aliphatic rings. The minimum Gasteiger partial charge on any atom is -0.303 e. The maximum Gasteiger partial charge on any atom is 0.211 e. The van der Waals surface area contributed by atoms with Crippen LogP contribution in [-0.4, -0.2) is 17.8 Å². The first-order chi connectivity index (χ1) is 7.88. The highest BCUT2D eigenvalue weighted by atomic mass is 79.9. The fourth-order valence-corrected chi connectivity index (χ4v) is 2.28. The maximum absolute atomic E-state index is 11.1. The van der Waals surface area contributed by atoms with Crippen molar-refractivity contribution in [3.63, 3.8) is 0 Å². The van der Waals surface area contributed by atoms with Gasteiger partial charge in [-0.3, -0.25) is 10.1 Å². The molecule has 0 saturated carbocycles. The molecule has 0 bridgehead atoms. The van der Waals surface area contributed by atoms with Crippen molar-refractivity contribution >= 4 is 22.2 Å². The zero-order chi connectivity index (χ0) is 13.1. The molecule has 4 nitrogen and oxygen atoms in total. The van der Waals surface area contributed by atoms with Gasteiger partial charge in [-0.05, 0) is 11.6 Å². The Balaban J connectivity index is 3.20. The Morgan fingerprint density at radius 1 is 1.47 bits per heavy atom. The van der Waals surface area contributed by atoms with Gasteiger partial charge in [-0.15, -0.1) is 0 Å². The van der Waals surface area contributed by atoms with E-state index in [0.29, 0.717) is 0 Å². The van der Waals surface area contributed by atoms with E-state index in [1.807, 2.05) is 24.3 Å². The lowest BCUT2D eigenvalue weighted by molar-refractivity contribution is -0.485. The van der Waals surface area contributed by atoms with Crippen LogP contribution >= 0.6 is 15.9 Å². The number of halogens is 1. The number of hydrogen-bond acceptors (Lipinski definition) is 3. The van der Waals surface area contributed by atoms with E-state index >= 15 is 0 Å². The van der Waals surface area contributed by atoms with Gasteiger partial charge in [0.15, 0.2) is 0 Å². The third kappa shape index (κ3) is 3.36. The summed E-state index contributed by atoms with van der Waals surface area (Å²) < 4.78 is 0.793. The standard InChI is InChI=1S/C12H14BrNO3/c1-12(2,8-15)10(7-14(16)17)9-5-3-4-6-11(9)13/h3-6,8,10H,7H2,1-2H3/t10-/m0/s1. The third-order valence-corrected chi connectivity index (χ3v) is 3.54. The SMILES string of the molecule is CC(C)(C=O)[C@@H](C[N+](=O)[O-])c1ccccc1Br. The Bertz CT molecular complexity index is 432. The van der Waals surface area contributed by atoms with Gasteiger partial charge in [0.1, 0.15) is 6.29 Å². The molecule has 0 aliphatic heterocycles. The highest BCUT2D eigenvalue weighted by molar-refractivity contribution is 9.10. The summed E-state index contributed by atoms with van der Waals surface area (Å²) in [6.07, 6.45) is 0.778. The molecule has 0 heterocycles. The predicted molar refractivity (Wildman–Crippen MR) is 68.6 cm³/mol. The summed E-state index contributed by atoms with van der Waals surface area (Å²) in [6.45, 7) is 3.18. The molecule has 0 amide bonds. The zero-order valence-electron chi connectivity index (χ0n) is 9.72. The summed E-state index contributed by atoms with van der Waals surface area (Å²) in [5, 5.41) is 10.7. The number of hydrogen-bond donors (Lipinski definition) is 0. The number of benzene rings is 1. The highest BCUT2D eigenvalue weighted by Gasteiger charge is 2.35. The lowest BCUT2D eigenvalue weighted by atomic mass is 9.76. The molecule has 92 valence electrons. The van der Waals surface area contributed by atoms with Crippen LogP contribution in [0.4, 0.5) is 0 Å². The van der Waals surface area contributed by atoms with Crippen molar-refractivity contribution in [3.8, 4) is 0 Å². The van der Waals surface area contributed by atoms with Gasteiger partial charge in [0.05, 0.1) is 5.92 Å². The van der Waals surface area contributed by atoms with E-state index in [9.17, 15) is 14.9 Å². The van der Waals surface area contributed by atoms with Gasteiger partial charge in [-0.2, -0.15) is 0 Å². The van der Waals surface area contributed by atoms with E-state index in [1.54, 1.807) is 13.8 Å². The molecule has 5 heteroatoms. The van der Waals surface area contributed by atoms with E-state index in [1.165, 1.54) is 0 Å². The molecule has 1 aromatic carbocycles. The van der Waals surface area contributed by atoms with E-state index < -0.39 is 11.3 Å². The first-order valence-corrected chi connectivity index (χ1v) is 6.00. The van der Waals surface area contributed by atoms with Crippen molar-refractivity contribution in [1.29, 1.82) is 0 Å². The lowest BCUT2D eigenvalue weighted by Crippen LogP contribution is -2.29. The summed E-state index contributed by atoms with van der Waals surface area (Å²) in [5.41, 5.74) is 0.0259. The molecule has 0 radical (unpaired) electrons. The van der Waals surface area contributed by atoms with Crippen molar-refractivity contribution in [3.05, 3.63) is 44.4 Å².